The summed E-state index contributed by atoms with van der Waals surface area (Å²) in [4.78, 5) is 20.3. The third-order valence-corrected chi connectivity index (χ3v) is 7.68. The van der Waals surface area contributed by atoms with Crippen LogP contribution >= 0.6 is 11.6 Å². The van der Waals surface area contributed by atoms with Crippen LogP contribution in [-0.4, -0.2) is 54.8 Å². The Kier molecular flexibility index (Phi) is 8.89. The lowest BCUT2D eigenvalue weighted by atomic mass is 9.99. The van der Waals surface area contributed by atoms with Crippen LogP contribution in [0.5, 0.6) is 5.75 Å². The van der Waals surface area contributed by atoms with E-state index in [1.807, 2.05) is 42.0 Å². The molecular formula is C31H37ClN4O3. The van der Waals surface area contributed by atoms with Gasteiger partial charge in [-0.2, -0.15) is 0 Å². The first kappa shape index (κ1) is 27.3. The lowest BCUT2D eigenvalue weighted by Gasteiger charge is -2.29. The van der Waals surface area contributed by atoms with Crippen molar-refractivity contribution >= 4 is 29.3 Å². The van der Waals surface area contributed by atoms with Crippen molar-refractivity contribution in [3.63, 3.8) is 0 Å². The van der Waals surface area contributed by atoms with E-state index in [1.54, 1.807) is 13.4 Å². The fourth-order valence-electron chi connectivity index (χ4n) is 5.11. The average Bonchev–Trinajstić information content (AvgIpc) is 3.73. The highest BCUT2D eigenvalue weighted by Crippen LogP contribution is 2.41. The number of rotatable bonds is 11. The Labute approximate surface area is 235 Å². The highest BCUT2D eigenvalue weighted by Gasteiger charge is 2.34. The number of amides is 1. The number of carbonyl (C=O) groups is 1. The zero-order valence-corrected chi connectivity index (χ0v) is 23.5. The van der Waals surface area contributed by atoms with Crippen molar-refractivity contribution in [2.45, 2.75) is 38.6 Å². The zero-order chi connectivity index (χ0) is 27.2. The first-order chi connectivity index (χ1) is 19.1. The molecule has 1 unspecified atom stereocenters. The molecule has 7 nitrogen and oxygen atoms in total. The molecule has 39 heavy (non-hydrogen) atoms. The molecule has 1 amide bonds. The molecule has 0 spiro atoms. The predicted octanol–water partition coefficient (Wildman–Crippen LogP) is 5.70. The number of nitrogens with zero attached hydrogens (tertiary/aromatic N) is 3. The lowest BCUT2D eigenvalue weighted by Crippen LogP contribution is -2.36. The van der Waals surface area contributed by atoms with Crippen molar-refractivity contribution in [2.75, 3.05) is 44.2 Å². The van der Waals surface area contributed by atoms with Gasteiger partial charge < -0.3 is 24.3 Å². The molecule has 0 bridgehead atoms. The highest BCUT2D eigenvalue weighted by atomic mass is 35.5. The van der Waals surface area contributed by atoms with Crippen LogP contribution in [0.2, 0.25) is 0 Å². The van der Waals surface area contributed by atoms with Crippen molar-refractivity contribution in [1.29, 1.82) is 0 Å². The number of morpholine rings is 1. The Morgan fingerprint density at radius 2 is 1.97 bits per heavy atom. The molecule has 1 aliphatic heterocycles. The molecule has 2 aromatic carbocycles. The van der Waals surface area contributed by atoms with Gasteiger partial charge >= 0.3 is 0 Å². The topological polar surface area (TPSA) is 68.6 Å². The first-order valence-electron chi connectivity index (χ1n) is 13.7. The van der Waals surface area contributed by atoms with Gasteiger partial charge in [0.25, 0.3) is 0 Å². The molecule has 1 N–H and O–H groups in total. The van der Waals surface area contributed by atoms with Gasteiger partial charge in [-0.3, -0.25) is 4.79 Å². The second-order valence-electron chi connectivity index (χ2n) is 10.3. The summed E-state index contributed by atoms with van der Waals surface area (Å²) in [5, 5.41) is 3.36. The Hall–Kier alpha value is -3.29. The van der Waals surface area contributed by atoms with Crippen molar-refractivity contribution < 1.29 is 14.3 Å². The Morgan fingerprint density at radius 1 is 1.21 bits per heavy atom. The number of halogens is 1. The fourth-order valence-corrected chi connectivity index (χ4v) is 5.24. The minimum Gasteiger partial charge on any atom is -0.495 e. The number of aromatic nitrogens is 2. The Bertz CT molecular complexity index is 1290. The van der Waals surface area contributed by atoms with Gasteiger partial charge in [0.05, 0.1) is 44.1 Å². The number of anilines is 1. The maximum atomic E-state index is 13.6. The minimum atomic E-state index is -0.0393. The van der Waals surface area contributed by atoms with Crippen LogP contribution in [0.4, 0.5) is 5.69 Å². The number of aryl methyl sites for hydroxylation is 1. The summed E-state index contributed by atoms with van der Waals surface area (Å²) in [6.07, 6.45) is 9.28. The van der Waals surface area contributed by atoms with E-state index >= 15 is 0 Å². The van der Waals surface area contributed by atoms with Gasteiger partial charge in [0.2, 0.25) is 5.91 Å². The van der Waals surface area contributed by atoms with E-state index in [-0.39, 0.29) is 11.9 Å². The molecule has 206 valence electrons. The van der Waals surface area contributed by atoms with E-state index in [1.165, 1.54) is 5.69 Å². The van der Waals surface area contributed by atoms with E-state index in [9.17, 15) is 4.79 Å². The van der Waals surface area contributed by atoms with Gasteiger partial charge in [-0.05, 0) is 80.0 Å². The largest absolute Gasteiger partial charge is 0.495 e. The third kappa shape index (κ3) is 6.84. The third-order valence-electron chi connectivity index (χ3n) is 7.41. The maximum absolute atomic E-state index is 13.6. The van der Waals surface area contributed by atoms with Crippen LogP contribution in [0.15, 0.2) is 60.6 Å². The number of hydrogen-bond acceptors (Lipinski definition) is 5. The lowest BCUT2D eigenvalue weighted by molar-refractivity contribution is -0.118. The van der Waals surface area contributed by atoms with Crippen molar-refractivity contribution in [2.24, 2.45) is 5.92 Å². The number of nitrogens with one attached hydrogen (secondary N) is 1. The van der Waals surface area contributed by atoms with E-state index in [0.29, 0.717) is 18.2 Å². The summed E-state index contributed by atoms with van der Waals surface area (Å²) in [6, 6.07) is 14.6. The van der Waals surface area contributed by atoms with Gasteiger partial charge in [0, 0.05) is 36.4 Å². The van der Waals surface area contributed by atoms with E-state index in [4.69, 9.17) is 21.1 Å². The summed E-state index contributed by atoms with van der Waals surface area (Å²) in [6.45, 7) is 5.29. The molecule has 2 heterocycles. The Balaban J connectivity index is 1.35. The first-order valence-corrected chi connectivity index (χ1v) is 14.3. The van der Waals surface area contributed by atoms with Crippen LogP contribution in [0.1, 0.15) is 48.5 Å². The number of imidazole rings is 1. The molecule has 8 heteroatoms. The van der Waals surface area contributed by atoms with E-state index in [0.717, 1.165) is 79.4 Å². The SMILES string of the molecule is COc1cc(C=C(CCCCl)C(=O)NC(c2ccc(N3CCOCC3)cc2)C2CC2)ccc1-n1cnc(C)c1. The van der Waals surface area contributed by atoms with E-state index in [2.05, 4.69) is 39.5 Å². The molecule has 1 atom stereocenters. The summed E-state index contributed by atoms with van der Waals surface area (Å²) in [7, 11) is 1.65. The summed E-state index contributed by atoms with van der Waals surface area (Å²) in [5.41, 5.74) is 5.82. The standard InChI is InChI=1S/C31H37ClN4O3/c1-22-20-36(21-33-22)28-12-5-23(19-29(28)38-2)18-26(4-3-13-32)31(37)34-30(24-6-7-24)25-8-10-27(11-9-25)35-14-16-39-17-15-35/h5,8-12,18-21,24,30H,3-4,6-7,13-17H2,1-2H3,(H,34,37). The fraction of sp³-hybridized carbons (Fsp3) is 0.419. The van der Waals surface area contributed by atoms with Gasteiger partial charge in [0.15, 0.2) is 0 Å². The zero-order valence-electron chi connectivity index (χ0n) is 22.7. The van der Waals surface area contributed by atoms with Crippen LogP contribution < -0.4 is 15.0 Å². The second kappa shape index (κ2) is 12.7. The van der Waals surface area contributed by atoms with Gasteiger partial charge in [-0.25, -0.2) is 4.98 Å². The number of methoxy groups -OCH3 is 1. The smallest absolute Gasteiger partial charge is 0.247 e. The van der Waals surface area contributed by atoms with Crippen LogP contribution in [0, 0.1) is 12.8 Å². The van der Waals surface area contributed by atoms with Crippen LogP contribution in [-0.2, 0) is 9.53 Å². The molecule has 1 saturated heterocycles. The number of benzene rings is 2. The molecule has 1 aromatic heterocycles. The number of carbonyl (C=O) groups excluding carboxylic acids is 1. The normalized spacial score (nSPS) is 16.7. The van der Waals surface area contributed by atoms with Crippen molar-refractivity contribution in [3.8, 4) is 11.4 Å². The number of hydrogen-bond donors (Lipinski definition) is 1. The molecule has 3 aromatic rings. The number of ether oxygens (including phenoxy) is 2. The molecule has 0 radical (unpaired) electrons. The quantitative estimate of drug-likeness (QED) is 0.246. The molecule has 2 fully saturated rings. The molecule has 1 aliphatic carbocycles. The number of alkyl halides is 1. The molecule has 5 rings (SSSR count). The highest BCUT2D eigenvalue weighted by molar-refractivity contribution is 6.17. The second-order valence-corrected chi connectivity index (χ2v) is 10.7. The molecule has 1 saturated carbocycles. The van der Waals surface area contributed by atoms with Gasteiger partial charge in [-0.1, -0.05) is 18.2 Å². The summed E-state index contributed by atoms with van der Waals surface area (Å²) >= 11 is 6.03. The van der Waals surface area contributed by atoms with Gasteiger partial charge in [-0.15, -0.1) is 11.6 Å². The van der Waals surface area contributed by atoms with Crippen LogP contribution in [0.3, 0.4) is 0 Å². The predicted molar refractivity (Wildman–Crippen MR) is 156 cm³/mol. The maximum Gasteiger partial charge on any atom is 0.247 e. The van der Waals surface area contributed by atoms with E-state index < -0.39 is 0 Å². The minimum absolute atomic E-state index is 0.00275. The monoisotopic (exact) mass is 548 g/mol. The molecule has 2 aliphatic rings. The van der Waals surface area contributed by atoms with Crippen molar-refractivity contribution in [3.05, 3.63) is 77.4 Å². The van der Waals surface area contributed by atoms with Crippen molar-refractivity contribution in [1.82, 2.24) is 14.9 Å². The van der Waals surface area contributed by atoms with Gasteiger partial charge in [0.1, 0.15) is 5.75 Å². The molecular weight excluding hydrogens is 512 g/mol. The average molecular weight is 549 g/mol. The summed E-state index contributed by atoms with van der Waals surface area (Å²) < 4.78 is 13.1. The van der Waals surface area contributed by atoms with Crippen LogP contribution in [0.25, 0.3) is 11.8 Å². The summed E-state index contributed by atoms with van der Waals surface area (Å²) in [5.74, 6) is 1.65. The Morgan fingerprint density at radius 3 is 2.62 bits per heavy atom.